The molecule has 0 N–H and O–H groups in total. The van der Waals surface area contributed by atoms with Crippen LogP contribution in [-0.2, 0) is 22.4 Å². The van der Waals surface area contributed by atoms with E-state index in [1.54, 1.807) is 12.1 Å². The van der Waals surface area contributed by atoms with Crippen molar-refractivity contribution in [3.05, 3.63) is 50.8 Å². The van der Waals surface area contributed by atoms with Crippen molar-refractivity contribution in [3.8, 4) is 0 Å². The number of nitrogens with zero attached hydrogens (tertiary/aromatic N) is 2. The molecule has 0 radical (unpaired) electrons. The summed E-state index contributed by atoms with van der Waals surface area (Å²) in [5.74, 6) is 0.117. The minimum absolute atomic E-state index is 0.127. The topological polar surface area (TPSA) is 53.3 Å². The number of esters is 1. The lowest BCUT2D eigenvalue weighted by molar-refractivity contribution is -0.0589. The summed E-state index contributed by atoms with van der Waals surface area (Å²) in [4.78, 5) is 17.7. The summed E-state index contributed by atoms with van der Waals surface area (Å²) in [6.45, 7) is 1.40. The molecule has 0 amide bonds. The molecule has 136 valence electrons. The second kappa shape index (κ2) is 7.09. The van der Waals surface area contributed by atoms with Crippen molar-refractivity contribution >= 4 is 43.6 Å². The van der Waals surface area contributed by atoms with Crippen molar-refractivity contribution in [3.63, 3.8) is 0 Å². The lowest BCUT2D eigenvalue weighted by atomic mass is 10.1. The molecule has 1 atom stereocenters. The van der Waals surface area contributed by atoms with Gasteiger partial charge in [-0.05, 0) is 30.2 Å². The highest BCUT2D eigenvalue weighted by Crippen LogP contribution is 2.30. The molecule has 1 aliphatic rings. The van der Waals surface area contributed by atoms with Gasteiger partial charge in [0, 0.05) is 17.5 Å². The number of imidazole rings is 1. The van der Waals surface area contributed by atoms with Crippen LogP contribution in [0.2, 0.25) is 0 Å². The maximum Gasteiger partial charge on any atom is 0.348 e. The standard InChI is InChI=1S/C18H16BrFN2O3S/c1-24-18(23)15-8-14-17(26-15)21-16(22(14)9-12-4-5-25-12)6-10-2-3-11(19)7-13(10)20/h2-3,7-8,12H,4-6,9H2,1H3/t12-/m1/s1. The zero-order valence-electron chi connectivity index (χ0n) is 14.0. The van der Waals surface area contributed by atoms with Gasteiger partial charge in [0.05, 0.1) is 25.3 Å². The van der Waals surface area contributed by atoms with Crippen LogP contribution in [0.1, 0.15) is 27.5 Å². The van der Waals surface area contributed by atoms with Gasteiger partial charge in [0.1, 0.15) is 21.3 Å². The molecule has 0 aliphatic carbocycles. The maximum absolute atomic E-state index is 14.3. The molecule has 4 rings (SSSR count). The van der Waals surface area contributed by atoms with Gasteiger partial charge in [-0.2, -0.15) is 0 Å². The Hall–Kier alpha value is -1.77. The first-order valence-corrected chi connectivity index (χ1v) is 9.79. The number of benzene rings is 1. The molecular formula is C18H16BrFN2O3S. The largest absolute Gasteiger partial charge is 0.465 e. The Labute approximate surface area is 161 Å². The Morgan fingerprint density at radius 1 is 1.50 bits per heavy atom. The van der Waals surface area contributed by atoms with Gasteiger partial charge in [-0.15, -0.1) is 11.3 Å². The second-order valence-electron chi connectivity index (χ2n) is 6.13. The highest BCUT2D eigenvalue weighted by atomic mass is 79.9. The molecule has 2 aromatic heterocycles. The Balaban J connectivity index is 1.73. The summed E-state index contributed by atoms with van der Waals surface area (Å²) in [5.41, 5.74) is 1.44. The van der Waals surface area contributed by atoms with E-state index in [1.807, 2.05) is 10.6 Å². The average molecular weight is 439 g/mol. The van der Waals surface area contributed by atoms with E-state index in [-0.39, 0.29) is 17.9 Å². The first-order valence-electron chi connectivity index (χ1n) is 8.18. The molecule has 0 spiro atoms. The number of aromatic nitrogens is 2. The van der Waals surface area contributed by atoms with Crippen molar-refractivity contribution in [2.45, 2.75) is 25.5 Å². The van der Waals surface area contributed by atoms with Gasteiger partial charge in [-0.25, -0.2) is 14.2 Å². The molecule has 0 saturated carbocycles. The van der Waals surface area contributed by atoms with E-state index >= 15 is 0 Å². The van der Waals surface area contributed by atoms with Gasteiger partial charge >= 0.3 is 5.97 Å². The van der Waals surface area contributed by atoms with Crippen molar-refractivity contribution in [2.24, 2.45) is 0 Å². The fourth-order valence-electron chi connectivity index (χ4n) is 2.97. The number of rotatable bonds is 5. The maximum atomic E-state index is 14.3. The van der Waals surface area contributed by atoms with Gasteiger partial charge in [-0.1, -0.05) is 22.0 Å². The number of ether oxygens (including phenoxy) is 2. The second-order valence-corrected chi connectivity index (χ2v) is 8.07. The third kappa shape index (κ3) is 3.28. The molecule has 0 bridgehead atoms. The molecule has 8 heteroatoms. The monoisotopic (exact) mass is 438 g/mol. The number of halogens is 2. The predicted molar refractivity (Wildman–Crippen MR) is 100 cm³/mol. The molecule has 1 saturated heterocycles. The molecule has 1 fully saturated rings. The summed E-state index contributed by atoms with van der Waals surface area (Å²) in [6.07, 6.45) is 1.49. The number of fused-ring (bicyclic) bond motifs is 1. The molecular weight excluding hydrogens is 423 g/mol. The van der Waals surface area contributed by atoms with Crippen molar-refractivity contribution in [1.29, 1.82) is 0 Å². The third-order valence-electron chi connectivity index (χ3n) is 4.46. The van der Waals surface area contributed by atoms with Crippen LogP contribution in [0.15, 0.2) is 28.7 Å². The molecule has 3 heterocycles. The Morgan fingerprint density at radius 3 is 2.96 bits per heavy atom. The Kier molecular flexibility index (Phi) is 4.81. The van der Waals surface area contributed by atoms with Gasteiger partial charge in [0.15, 0.2) is 0 Å². The lowest BCUT2D eigenvalue weighted by Crippen LogP contribution is -2.31. The normalized spacial score (nSPS) is 16.7. The molecule has 1 aliphatic heterocycles. The summed E-state index contributed by atoms with van der Waals surface area (Å²) in [6, 6.07) is 6.82. The van der Waals surface area contributed by atoms with Crippen LogP contribution >= 0.6 is 27.3 Å². The molecule has 3 aromatic rings. The van der Waals surface area contributed by atoms with Crippen LogP contribution in [0.4, 0.5) is 4.39 Å². The number of methoxy groups -OCH3 is 1. The average Bonchev–Trinajstić information content (AvgIpc) is 3.11. The van der Waals surface area contributed by atoms with Gasteiger partial charge in [0.2, 0.25) is 0 Å². The minimum atomic E-state index is -0.375. The molecule has 5 nitrogen and oxygen atoms in total. The van der Waals surface area contributed by atoms with E-state index in [0.29, 0.717) is 27.9 Å². The highest BCUT2D eigenvalue weighted by molar-refractivity contribution is 9.10. The van der Waals surface area contributed by atoms with Crippen molar-refractivity contribution < 1.29 is 18.7 Å². The van der Waals surface area contributed by atoms with E-state index in [2.05, 4.69) is 20.9 Å². The predicted octanol–water partition coefficient (Wildman–Crippen LogP) is 4.17. The zero-order chi connectivity index (χ0) is 18.3. The van der Waals surface area contributed by atoms with Crippen LogP contribution in [0.3, 0.4) is 0 Å². The van der Waals surface area contributed by atoms with Gasteiger partial charge < -0.3 is 14.0 Å². The Morgan fingerprint density at radius 2 is 2.31 bits per heavy atom. The fourth-order valence-corrected chi connectivity index (χ4v) is 4.27. The number of hydrogen-bond donors (Lipinski definition) is 0. The van der Waals surface area contributed by atoms with Gasteiger partial charge in [-0.3, -0.25) is 0 Å². The smallest absolute Gasteiger partial charge is 0.348 e. The van der Waals surface area contributed by atoms with Crippen LogP contribution in [0.25, 0.3) is 10.3 Å². The summed E-state index contributed by atoms with van der Waals surface area (Å²) < 4.78 is 27.3. The molecule has 0 unspecified atom stereocenters. The van der Waals surface area contributed by atoms with Crippen LogP contribution < -0.4 is 0 Å². The summed E-state index contributed by atoms with van der Waals surface area (Å²) in [7, 11) is 1.36. The van der Waals surface area contributed by atoms with E-state index in [4.69, 9.17) is 9.47 Å². The van der Waals surface area contributed by atoms with Gasteiger partial charge in [0.25, 0.3) is 0 Å². The van der Waals surface area contributed by atoms with Crippen LogP contribution in [0.5, 0.6) is 0 Å². The SMILES string of the molecule is COC(=O)c1cc2c(nc(Cc3ccc(Br)cc3F)n2C[C@H]2CCO2)s1. The quantitative estimate of drug-likeness (QED) is 0.561. The summed E-state index contributed by atoms with van der Waals surface area (Å²) in [5, 5.41) is 0. The number of hydrogen-bond acceptors (Lipinski definition) is 5. The van der Waals surface area contributed by atoms with Crippen LogP contribution in [0, 0.1) is 5.82 Å². The zero-order valence-corrected chi connectivity index (χ0v) is 16.4. The number of carbonyl (C=O) groups excluding carboxylic acids is 1. The van der Waals surface area contributed by atoms with E-state index < -0.39 is 0 Å². The van der Waals surface area contributed by atoms with Crippen molar-refractivity contribution in [2.75, 3.05) is 13.7 Å². The van der Waals surface area contributed by atoms with E-state index in [0.717, 1.165) is 29.2 Å². The van der Waals surface area contributed by atoms with Crippen molar-refractivity contribution in [1.82, 2.24) is 9.55 Å². The molecule has 1 aromatic carbocycles. The number of thiophene rings is 1. The fraction of sp³-hybridized carbons (Fsp3) is 0.333. The molecule has 26 heavy (non-hydrogen) atoms. The van der Waals surface area contributed by atoms with Crippen LogP contribution in [-0.4, -0.2) is 35.3 Å². The summed E-state index contributed by atoms with van der Waals surface area (Å²) >= 11 is 4.56. The first kappa shape index (κ1) is 17.6. The number of carbonyl (C=O) groups is 1. The minimum Gasteiger partial charge on any atom is -0.465 e. The Bertz CT molecular complexity index is 980. The van der Waals surface area contributed by atoms with E-state index in [1.165, 1.54) is 24.5 Å². The van der Waals surface area contributed by atoms with E-state index in [9.17, 15) is 9.18 Å². The highest BCUT2D eigenvalue weighted by Gasteiger charge is 2.24. The first-order chi connectivity index (χ1) is 12.5. The third-order valence-corrected chi connectivity index (χ3v) is 5.95. The lowest BCUT2D eigenvalue weighted by Gasteiger charge is -2.27.